The summed E-state index contributed by atoms with van der Waals surface area (Å²) in [6.45, 7) is -1.83. The van der Waals surface area contributed by atoms with E-state index in [0.29, 0.717) is 0 Å². The molecule has 0 saturated heterocycles. The highest BCUT2D eigenvalue weighted by atomic mass is 19.4. The lowest BCUT2D eigenvalue weighted by Crippen LogP contribution is -2.25. The zero-order chi connectivity index (χ0) is 10.6. The van der Waals surface area contributed by atoms with Crippen LogP contribution in [0.4, 0.5) is 13.2 Å². The number of ether oxygens (including phenoxy) is 1. The molecule has 0 aromatic carbocycles. The normalized spacial score (nSPS) is 11.6. The molecule has 0 radical (unpaired) electrons. The second-order valence-corrected chi connectivity index (χ2v) is 2.46. The zero-order valence-electron chi connectivity index (χ0n) is 6.99. The van der Waals surface area contributed by atoms with Gasteiger partial charge >= 0.3 is 11.9 Å². The maximum atomic E-state index is 11.6. The molecule has 0 saturated carbocycles. The van der Waals surface area contributed by atoms with Crippen LogP contribution < -0.4 is 5.69 Å². The van der Waals surface area contributed by atoms with Gasteiger partial charge in [0.25, 0.3) is 0 Å². The largest absolute Gasteiger partial charge is 0.411 e. The van der Waals surface area contributed by atoms with E-state index >= 15 is 0 Å². The van der Waals surface area contributed by atoms with Crippen LogP contribution in [-0.4, -0.2) is 22.3 Å². The minimum Gasteiger partial charge on any atom is -0.351 e. The van der Waals surface area contributed by atoms with E-state index < -0.39 is 25.2 Å². The molecule has 0 fully saturated rings. The van der Waals surface area contributed by atoms with Gasteiger partial charge in [-0.25, -0.2) is 9.78 Å². The van der Waals surface area contributed by atoms with Crippen molar-refractivity contribution in [2.24, 2.45) is 0 Å². The van der Waals surface area contributed by atoms with E-state index in [9.17, 15) is 18.0 Å². The molecule has 0 bridgehead atoms. The summed E-state index contributed by atoms with van der Waals surface area (Å²) >= 11 is 0. The molecule has 0 N–H and O–H groups in total. The van der Waals surface area contributed by atoms with Gasteiger partial charge in [-0.1, -0.05) is 0 Å². The highest BCUT2D eigenvalue weighted by Crippen LogP contribution is 2.14. The van der Waals surface area contributed by atoms with E-state index in [1.807, 2.05) is 0 Å². The second kappa shape index (κ2) is 4.23. The SMILES string of the molecule is O=c1ncccn1COCC(F)(F)F. The fourth-order valence-electron chi connectivity index (χ4n) is 0.745. The molecule has 1 aromatic rings. The zero-order valence-corrected chi connectivity index (χ0v) is 6.99. The van der Waals surface area contributed by atoms with Crippen LogP contribution in [0.3, 0.4) is 0 Å². The summed E-state index contributed by atoms with van der Waals surface area (Å²) < 4.78 is 40.1. The molecule has 0 aliphatic carbocycles. The average molecular weight is 208 g/mol. The number of nitrogens with zero attached hydrogens (tertiary/aromatic N) is 2. The van der Waals surface area contributed by atoms with Crippen LogP contribution in [0.15, 0.2) is 23.3 Å². The molecule has 1 rings (SSSR count). The molecule has 0 unspecified atom stereocenters. The molecule has 14 heavy (non-hydrogen) atoms. The third-order valence-corrected chi connectivity index (χ3v) is 1.28. The molecule has 0 atom stereocenters. The quantitative estimate of drug-likeness (QED) is 0.737. The molecule has 0 aliphatic heterocycles. The molecule has 0 aliphatic rings. The monoisotopic (exact) mass is 208 g/mol. The van der Waals surface area contributed by atoms with E-state index in [2.05, 4.69) is 9.72 Å². The van der Waals surface area contributed by atoms with Crippen LogP contribution in [0.5, 0.6) is 0 Å². The number of hydrogen-bond acceptors (Lipinski definition) is 3. The maximum Gasteiger partial charge on any atom is 0.411 e. The van der Waals surface area contributed by atoms with Gasteiger partial charge in [-0.3, -0.25) is 4.57 Å². The minimum absolute atomic E-state index is 0.452. The fraction of sp³-hybridized carbons (Fsp3) is 0.429. The van der Waals surface area contributed by atoms with Gasteiger partial charge in [0, 0.05) is 12.4 Å². The molecule has 4 nitrogen and oxygen atoms in total. The first-order valence-corrected chi connectivity index (χ1v) is 3.65. The maximum absolute atomic E-state index is 11.6. The molecule has 7 heteroatoms. The fourth-order valence-corrected chi connectivity index (χ4v) is 0.745. The predicted octanol–water partition coefficient (Wildman–Crippen LogP) is 0.780. The number of hydrogen-bond donors (Lipinski definition) is 0. The Hall–Kier alpha value is -1.37. The molecule has 78 valence electrons. The number of alkyl halides is 3. The minimum atomic E-state index is -4.38. The summed E-state index contributed by atoms with van der Waals surface area (Å²) in [5.74, 6) is 0. The Morgan fingerprint density at radius 3 is 2.79 bits per heavy atom. The Kier molecular flexibility index (Phi) is 3.23. The Balaban J connectivity index is 2.47. The Bertz CT molecular complexity index is 347. The van der Waals surface area contributed by atoms with Gasteiger partial charge in [0.1, 0.15) is 13.3 Å². The predicted molar refractivity (Wildman–Crippen MR) is 40.5 cm³/mol. The summed E-state index contributed by atoms with van der Waals surface area (Å²) in [6, 6.07) is 1.43. The number of rotatable bonds is 3. The Morgan fingerprint density at radius 1 is 1.50 bits per heavy atom. The van der Waals surface area contributed by atoms with Gasteiger partial charge in [-0.15, -0.1) is 0 Å². The van der Waals surface area contributed by atoms with Crippen molar-refractivity contribution in [3.8, 4) is 0 Å². The molecular weight excluding hydrogens is 201 g/mol. The summed E-state index contributed by atoms with van der Waals surface area (Å²) in [6.07, 6.45) is -1.83. The van der Waals surface area contributed by atoms with Crippen LogP contribution in [-0.2, 0) is 11.5 Å². The van der Waals surface area contributed by atoms with Gasteiger partial charge in [0.05, 0.1) is 0 Å². The van der Waals surface area contributed by atoms with Crippen molar-refractivity contribution < 1.29 is 17.9 Å². The molecular formula is C7H7F3N2O2. The van der Waals surface area contributed by atoms with E-state index in [4.69, 9.17) is 0 Å². The Labute approximate surface area is 76.9 Å². The Morgan fingerprint density at radius 2 is 2.21 bits per heavy atom. The van der Waals surface area contributed by atoms with Crippen molar-refractivity contribution >= 4 is 0 Å². The molecule has 0 spiro atoms. The second-order valence-electron chi connectivity index (χ2n) is 2.46. The van der Waals surface area contributed by atoms with Crippen molar-refractivity contribution in [1.29, 1.82) is 0 Å². The van der Waals surface area contributed by atoms with Crippen molar-refractivity contribution in [3.05, 3.63) is 28.9 Å². The van der Waals surface area contributed by atoms with E-state index in [0.717, 1.165) is 4.57 Å². The van der Waals surface area contributed by atoms with Gasteiger partial charge in [-0.05, 0) is 6.07 Å². The van der Waals surface area contributed by atoms with E-state index in [1.165, 1.54) is 18.5 Å². The first-order valence-electron chi connectivity index (χ1n) is 3.65. The van der Waals surface area contributed by atoms with E-state index in [1.54, 1.807) is 0 Å². The highest BCUT2D eigenvalue weighted by Gasteiger charge is 2.27. The number of halogens is 3. The smallest absolute Gasteiger partial charge is 0.351 e. The summed E-state index contributed by atoms with van der Waals surface area (Å²) in [5.41, 5.74) is -0.644. The lowest BCUT2D eigenvalue weighted by Gasteiger charge is -2.08. The lowest BCUT2D eigenvalue weighted by atomic mass is 10.6. The van der Waals surface area contributed by atoms with Crippen LogP contribution in [0.1, 0.15) is 0 Å². The van der Waals surface area contributed by atoms with Gasteiger partial charge in [-0.2, -0.15) is 13.2 Å². The summed E-state index contributed by atoms with van der Waals surface area (Å²) in [7, 11) is 0. The van der Waals surface area contributed by atoms with Crippen molar-refractivity contribution in [2.45, 2.75) is 12.9 Å². The van der Waals surface area contributed by atoms with Crippen LogP contribution >= 0.6 is 0 Å². The third kappa shape index (κ3) is 3.56. The third-order valence-electron chi connectivity index (χ3n) is 1.28. The lowest BCUT2D eigenvalue weighted by molar-refractivity contribution is -0.182. The standard InChI is InChI=1S/C7H7F3N2O2/c8-7(9,10)4-14-5-12-3-1-2-11-6(12)13/h1-3H,4-5H2. The van der Waals surface area contributed by atoms with Gasteiger partial charge < -0.3 is 4.74 Å². The average Bonchev–Trinajstić information content (AvgIpc) is 2.06. The first kappa shape index (κ1) is 10.7. The first-order chi connectivity index (χ1) is 6.49. The van der Waals surface area contributed by atoms with Gasteiger partial charge in [0.2, 0.25) is 0 Å². The molecule has 1 heterocycles. The van der Waals surface area contributed by atoms with Crippen LogP contribution in [0.25, 0.3) is 0 Å². The summed E-state index contributed by atoms with van der Waals surface area (Å²) in [4.78, 5) is 14.2. The van der Waals surface area contributed by atoms with Crippen LogP contribution in [0, 0.1) is 0 Å². The molecule has 0 amide bonds. The topological polar surface area (TPSA) is 44.1 Å². The van der Waals surface area contributed by atoms with E-state index in [-0.39, 0.29) is 0 Å². The van der Waals surface area contributed by atoms with Crippen molar-refractivity contribution in [1.82, 2.24) is 9.55 Å². The van der Waals surface area contributed by atoms with Crippen LogP contribution in [0.2, 0.25) is 0 Å². The highest BCUT2D eigenvalue weighted by molar-refractivity contribution is 4.79. The van der Waals surface area contributed by atoms with Crippen molar-refractivity contribution in [3.63, 3.8) is 0 Å². The van der Waals surface area contributed by atoms with Gasteiger partial charge in [0.15, 0.2) is 0 Å². The summed E-state index contributed by atoms with van der Waals surface area (Å²) in [5, 5.41) is 0. The number of aromatic nitrogens is 2. The van der Waals surface area contributed by atoms with Crippen molar-refractivity contribution in [2.75, 3.05) is 6.61 Å². The molecule has 1 aromatic heterocycles.